The van der Waals surface area contributed by atoms with Gasteiger partial charge in [0.1, 0.15) is 34.5 Å². The lowest BCUT2D eigenvalue weighted by molar-refractivity contribution is 0.449. The molecule has 9 rings (SSSR count). The van der Waals surface area contributed by atoms with Crippen LogP contribution in [-0.2, 0) is 0 Å². The van der Waals surface area contributed by atoms with Gasteiger partial charge in [0.2, 0.25) is 10.6 Å². The Morgan fingerprint density at radius 2 is 0.672 bits per heavy atom. The maximum absolute atomic E-state index is 10.4. The van der Waals surface area contributed by atoms with E-state index in [9.17, 15) is 20.4 Å². The average Bonchev–Trinajstić information content (AvgIpc) is 3.20. The Kier molecular flexibility index (Phi) is 11.4. The third-order valence-electron chi connectivity index (χ3n) is 8.55. The summed E-state index contributed by atoms with van der Waals surface area (Å²) in [4.78, 5) is 25.6. The van der Waals surface area contributed by atoms with Gasteiger partial charge in [0, 0.05) is 29.3 Å². The summed E-state index contributed by atoms with van der Waals surface area (Å²) in [5.41, 5.74) is 2.24. The van der Waals surface area contributed by atoms with Crippen LogP contribution in [0.2, 0.25) is 10.6 Å². The SMILES string of the molecule is Clc1nc(Cl)nc(-c2cccc3ccccc23)n1.Oc1ccc(-c2nc(-c3ccc(O)cc3O)nc(-c3cccc4ccccc34)n2)c(O)c1.Oc1cccc(O)c1. The first-order chi connectivity index (χ1) is 28.0. The van der Waals surface area contributed by atoms with E-state index in [-0.39, 0.29) is 56.7 Å². The van der Waals surface area contributed by atoms with E-state index in [1.54, 1.807) is 6.07 Å². The Morgan fingerprint density at radius 1 is 0.310 bits per heavy atom. The molecule has 14 heteroatoms. The number of halogens is 2. The molecule has 9 aromatic rings. The van der Waals surface area contributed by atoms with Crippen molar-refractivity contribution in [3.8, 4) is 80.0 Å². The predicted octanol–water partition coefficient (Wildman–Crippen LogP) is 9.94. The zero-order valence-corrected chi connectivity index (χ0v) is 31.5. The van der Waals surface area contributed by atoms with Crippen LogP contribution in [0.4, 0.5) is 0 Å². The van der Waals surface area contributed by atoms with E-state index in [2.05, 4.69) is 29.9 Å². The van der Waals surface area contributed by atoms with E-state index in [0.717, 1.165) is 32.7 Å². The Labute approximate surface area is 340 Å². The van der Waals surface area contributed by atoms with E-state index in [4.69, 9.17) is 33.4 Å². The maximum atomic E-state index is 10.4. The number of fused-ring (bicyclic) bond motifs is 2. The van der Waals surface area contributed by atoms with Crippen molar-refractivity contribution in [2.75, 3.05) is 0 Å². The monoisotopic (exact) mass is 808 g/mol. The van der Waals surface area contributed by atoms with E-state index in [0.29, 0.717) is 22.8 Å². The maximum Gasteiger partial charge on any atom is 0.227 e. The molecule has 0 spiro atoms. The van der Waals surface area contributed by atoms with Crippen molar-refractivity contribution >= 4 is 44.7 Å². The van der Waals surface area contributed by atoms with Gasteiger partial charge in [-0.05, 0) is 81.1 Å². The molecule has 0 atom stereocenters. The van der Waals surface area contributed by atoms with E-state index in [1.807, 2.05) is 84.9 Å². The fourth-order valence-corrected chi connectivity index (χ4v) is 6.30. The standard InChI is InChI=1S/C25H17N3O4.C13H7Cl2N3.C6H6O2/c29-15-8-10-19(21(31)12-15)24-26-23(18-7-3-5-14-4-1-2-6-17(14)18)27-25(28-24)20-11-9-16(30)13-22(20)32;14-12-16-11(17-13(15)18-12)10-7-3-5-8-4-1-2-6-9(8)10;7-5-2-1-3-6(8)4-5/h1-13,29-32H;1-7H;1-4,7-8H. The summed E-state index contributed by atoms with van der Waals surface area (Å²) in [6.45, 7) is 0. The van der Waals surface area contributed by atoms with Crippen LogP contribution >= 0.6 is 23.2 Å². The normalized spacial score (nSPS) is 10.7. The lowest BCUT2D eigenvalue weighted by Crippen LogP contribution is -2.01. The molecule has 0 bridgehead atoms. The third kappa shape index (κ3) is 8.95. The molecular weight excluding hydrogens is 779 g/mol. The van der Waals surface area contributed by atoms with Gasteiger partial charge < -0.3 is 30.6 Å². The van der Waals surface area contributed by atoms with Gasteiger partial charge in [-0.15, -0.1) is 0 Å². The highest BCUT2D eigenvalue weighted by atomic mass is 35.5. The molecule has 0 saturated heterocycles. The highest BCUT2D eigenvalue weighted by Gasteiger charge is 2.18. The van der Waals surface area contributed by atoms with Gasteiger partial charge in [0.15, 0.2) is 23.3 Å². The summed E-state index contributed by atoms with van der Waals surface area (Å²) in [6, 6.07) is 41.6. The minimum Gasteiger partial charge on any atom is -0.508 e. The zero-order chi connectivity index (χ0) is 40.8. The van der Waals surface area contributed by atoms with E-state index in [1.165, 1.54) is 54.6 Å². The summed E-state index contributed by atoms with van der Waals surface area (Å²) in [5.74, 6) is 0.776. The lowest BCUT2D eigenvalue weighted by Gasteiger charge is -2.11. The minimum absolute atomic E-state index is 0.0880. The number of hydrogen-bond donors (Lipinski definition) is 6. The van der Waals surface area contributed by atoms with Crippen LogP contribution < -0.4 is 0 Å². The third-order valence-corrected chi connectivity index (χ3v) is 8.89. The van der Waals surface area contributed by atoms with Gasteiger partial charge in [0.25, 0.3) is 0 Å². The van der Waals surface area contributed by atoms with Gasteiger partial charge >= 0.3 is 0 Å². The molecule has 0 saturated carbocycles. The quantitative estimate of drug-likeness (QED) is 0.0985. The lowest BCUT2D eigenvalue weighted by atomic mass is 10.0. The Bertz CT molecular complexity index is 2820. The smallest absolute Gasteiger partial charge is 0.227 e. The van der Waals surface area contributed by atoms with E-state index >= 15 is 0 Å². The summed E-state index contributed by atoms with van der Waals surface area (Å²) < 4.78 is 0. The predicted molar refractivity (Wildman–Crippen MR) is 223 cm³/mol. The topological polar surface area (TPSA) is 199 Å². The number of aromatic nitrogens is 6. The van der Waals surface area contributed by atoms with Crippen LogP contribution in [-0.4, -0.2) is 60.5 Å². The summed E-state index contributed by atoms with van der Waals surface area (Å²) in [6.07, 6.45) is 0. The number of nitrogens with zero attached hydrogens (tertiary/aromatic N) is 6. The second kappa shape index (κ2) is 17.1. The summed E-state index contributed by atoms with van der Waals surface area (Å²) >= 11 is 11.6. The molecule has 0 amide bonds. The van der Waals surface area contributed by atoms with Crippen molar-refractivity contribution in [3.05, 3.63) is 156 Å². The molecule has 12 nitrogen and oxygen atoms in total. The molecule has 286 valence electrons. The molecule has 0 unspecified atom stereocenters. The van der Waals surface area contributed by atoms with Crippen molar-refractivity contribution in [1.82, 2.24) is 29.9 Å². The minimum atomic E-state index is -0.194. The summed E-state index contributed by atoms with van der Waals surface area (Å²) in [5, 5.41) is 61.7. The molecule has 0 aliphatic carbocycles. The molecule has 7 aromatic carbocycles. The molecule has 6 N–H and O–H groups in total. The fourth-order valence-electron chi connectivity index (χ4n) is 5.94. The first-order valence-electron chi connectivity index (χ1n) is 17.3. The van der Waals surface area contributed by atoms with Crippen LogP contribution in [0.15, 0.2) is 146 Å². The molecule has 2 aromatic heterocycles. The molecular formula is C44H30Cl2N6O6. The number of benzene rings is 7. The van der Waals surface area contributed by atoms with Gasteiger partial charge in [-0.1, -0.05) is 91.0 Å². The Morgan fingerprint density at radius 3 is 1.09 bits per heavy atom. The second-order valence-corrected chi connectivity index (χ2v) is 13.2. The number of phenolic OH excluding ortho intramolecular Hbond substituents is 6. The largest absolute Gasteiger partial charge is 0.508 e. The van der Waals surface area contributed by atoms with Crippen LogP contribution in [0, 0.1) is 0 Å². The molecule has 58 heavy (non-hydrogen) atoms. The fraction of sp³-hybridized carbons (Fsp3) is 0. The van der Waals surface area contributed by atoms with Crippen molar-refractivity contribution in [3.63, 3.8) is 0 Å². The van der Waals surface area contributed by atoms with Gasteiger partial charge in [-0.3, -0.25) is 0 Å². The Balaban J connectivity index is 0.000000164. The van der Waals surface area contributed by atoms with Crippen LogP contribution in [0.1, 0.15) is 0 Å². The molecule has 0 radical (unpaired) electrons. The number of hydrogen-bond acceptors (Lipinski definition) is 12. The number of aromatic hydroxyl groups is 6. The van der Waals surface area contributed by atoms with Gasteiger partial charge in [-0.25, -0.2) is 15.0 Å². The first-order valence-corrected chi connectivity index (χ1v) is 18.1. The average molecular weight is 810 g/mol. The van der Waals surface area contributed by atoms with Crippen LogP contribution in [0.25, 0.3) is 67.1 Å². The van der Waals surface area contributed by atoms with Crippen molar-refractivity contribution in [2.45, 2.75) is 0 Å². The van der Waals surface area contributed by atoms with E-state index < -0.39 is 0 Å². The molecule has 0 aliphatic rings. The van der Waals surface area contributed by atoms with Crippen molar-refractivity contribution in [1.29, 1.82) is 0 Å². The highest BCUT2D eigenvalue weighted by Crippen LogP contribution is 2.36. The van der Waals surface area contributed by atoms with Crippen LogP contribution in [0.3, 0.4) is 0 Å². The second-order valence-electron chi connectivity index (χ2n) is 12.5. The molecule has 2 heterocycles. The zero-order valence-electron chi connectivity index (χ0n) is 30.0. The summed E-state index contributed by atoms with van der Waals surface area (Å²) in [7, 11) is 0. The Hall–Kier alpha value is -7.54. The number of rotatable bonds is 4. The van der Waals surface area contributed by atoms with Crippen molar-refractivity contribution < 1.29 is 30.6 Å². The van der Waals surface area contributed by atoms with Gasteiger partial charge in [0.05, 0.1) is 11.1 Å². The van der Waals surface area contributed by atoms with Crippen molar-refractivity contribution in [2.24, 2.45) is 0 Å². The molecule has 0 aliphatic heterocycles. The van der Waals surface area contributed by atoms with Gasteiger partial charge in [-0.2, -0.15) is 15.0 Å². The molecule has 0 fully saturated rings. The number of phenols is 6. The first kappa shape index (κ1) is 38.7. The highest BCUT2D eigenvalue weighted by molar-refractivity contribution is 6.31. The van der Waals surface area contributed by atoms with Crippen LogP contribution in [0.5, 0.6) is 34.5 Å².